The summed E-state index contributed by atoms with van der Waals surface area (Å²) < 4.78 is 1.01. The number of fused-ring (bicyclic) bond motifs is 1. The normalized spacial score (nSPS) is 10.8. The molecule has 7 heteroatoms. The lowest BCUT2D eigenvalue weighted by atomic mass is 10.1. The Morgan fingerprint density at radius 1 is 1.07 bits per heavy atom. The first-order chi connectivity index (χ1) is 14.1. The van der Waals surface area contributed by atoms with Crippen LogP contribution in [0.5, 0.6) is 5.75 Å². The number of thiazole rings is 1. The predicted molar refractivity (Wildman–Crippen MR) is 119 cm³/mol. The van der Waals surface area contributed by atoms with E-state index < -0.39 is 0 Å². The number of rotatable bonds is 5. The Hall–Kier alpha value is -3.09. The third kappa shape index (κ3) is 4.50. The highest BCUT2D eigenvalue weighted by Crippen LogP contribution is 2.41. The SMILES string of the molecule is O=C(NCCc1ccccc1)Nc1cc(Cl)c(O)c(-c2nc3ccccc3s2)c1. The highest BCUT2D eigenvalue weighted by molar-refractivity contribution is 7.21. The maximum atomic E-state index is 12.2. The fourth-order valence-electron chi connectivity index (χ4n) is 2.96. The maximum absolute atomic E-state index is 12.2. The van der Waals surface area contributed by atoms with Gasteiger partial charge in [0.25, 0.3) is 0 Å². The molecule has 0 radical (unpaired) electrons. The van der Waals surface area contributed by atoms with Gasteiger partial charge in [-0.3, -0.25) is 0 Å². The van der Waals surface area contributed by atoms with Crippen LogP contribution in [-0.2, 0) is 6.42 Å². The van der Waals surface area contributed by atoms with Crippen LogP contribution in [0.2, 0.25) is 5.02 Å². The van der Waals surface area contributed by atoms with E-state index in [1.807, 2.05) is 54.6 Å². The van der Waals surface area contributed by atoms with Gasteiger partial charge >= 0.3 is 6.03 Å². The molecule has 4 aromatic rings. The van der Waals surface area contributed by atoms with Gasteiger partial charge in [0.15, 0.2) is 0 Å². The Labute approximate surface area is 177 Å². The molecule has 5 nitrogen and oxygen atoms in total. The van der Waals surface area contributed by atoms with Crippen LogP contribution in [0.15, 0.2) is 66.7 Å². The lowest BCUT2D eigenvalue weighted by molar-refractivity contribution is 0.252. The average Bonchev–Trinajstić information content (AvgIpc) is 3.15. The number of halogens is 1. The van der Waals surface area contributed by atoms with Gasteiger partial charge in [0.05, 0.1) is 20.8 Å². The van der Waals surface area contributed by atoms with Crippen molar-refractivity contribution >= 4 is 44.9 Å². The molecular formula is C22H18ClN3O2S. The zero-order valence-corrected chi connectivity index (χ0v) is 16.9. The number of urea groups is 1. The molecule has 4 rings (SSSR count). The molecule has 0 bridgehead atoms. The molecule has 0 spiro atoms. The number of carbonyl (C=O) groups excluding carboxylic acids is 1. The molecule has 0 aliphatic heterocycles. The van der Waals surface area contributed by atoms with E-state index in [0.717, 1.165) is 22.2 Å². The Bertz CT molecular complexity index is 1130. The van der Waals surface area contributed by atoms with Crippen molar-refractivity contribution in [1.29, 1.82) is 0 Å². The molecule has 3 N–H and O–H groups in total. The van der Waals surface area contributed by atoms with Gasteiger partial charge in [-0.05, 0) is 36.2 Å². The minimum absolute atomic E-state index is 0.0549. The fraction of sp³-hybridized carbons (Fsp3) is 0.0909. The summed E-state index contributed by atoms with van der Waals surface area (Å²) in [6.45, 7) is 0.506. The highest BCUT2D eigenvalue weighted by atomic mass is 35.5. The first-order valence-electron chi connectivity index (χ1n) is 9.07. The molecule has 146 valence electrons. The van der Waals surface area contributed by atoms with Gasteiger partial charge < -0.3 is 15.7 Å². The lowest BCUT2D eigenvalue weighted by Crippen LogP contribution is -2.30. The van der Waals surface area contributed by atoms with Crippen molar-refractivity contribution in [1.82, 2.24) is 10.3 Å². The van der Waals surface area contributed by atoms with Gasteiger partial charge in [-0.2, -0.15) is 0 Å². The van der Waals surface area contributed by atoms with Crippen LogP contribution in [0.3, 0.4) is 0 Å². The molecule has 2 amide bonds. The highest BCUT2D eigenvalue weighted by Gasteiger charge is 2.15. The number of aromatic nitrogens is 1. The molecule has 29 heavy (non-hydrogen) atoms. The van der Waals surface area contributed by atoms with Crippen LogP contribution in [-0.4, -0.2) is 22.7 Å². The molecule has 0 fully saturated rings. The second-order valence-corrected chi connectivity index (χ2v) is 7.90. The number of aromatic hydroxyl groups is 1. The zero-order chi connectivity index (χ0) is 20.2. The van der Waals surface area contributed by atoms with E-state index >= 15 is 0 Å². The molecule has 0 aliphatic rings. The first-order valence-corrected chi connectivity index (χ1v) is 10.3. The third-order valence-electron chi connectivity index (χ3n) is 4.39. The van der Waals surface area contributed by atoms with Gasteiger partial charge in [0, 0.05) is 12.2 Å². The van der Waals surface area contributed by atoms with Crippen LogP contribution in [0.25, 0.3) is 20.8 Å². The zero-order valence-electron chi connectivity index (χ0n) is 15.4. The molecule has 0 saturated heterocycles. The second-order valence-electron chi connectivity index (χ2n) is 6.46. The predicted octanol–water partition coefficient (Wildman–Crippen LogP) is 5.69. The number of benzene rings is 3. The number of nitrogens with zero attached hydrogens (tertiary/aromatic N) is 1. The Morgan fingerprint density at radius 3 is 2.62 bits per heavy atom. The smallest absolute Gasteiger partial charge is 0.319 e. The number of phenolic OH excluding ortho intramolecular Hbond substituents is 1. The van der Waals surface area contributed by atoms with Gasteiger partial charge in [-0.25, -0.2) is 9.78 Å². The van der Waals surface area contributed by atoms with Crippen molar-refractivity contribution in [3.05, 3.63) is 77.3 Å². The Balaban J connectivity index is 1.48. The van der Waals surface area contributed by atoms with Crippen molar-refractivity contribution in [3.8, 4) is 16.3 Å². The molecule has 1 aromatic heterocycles. The van der Waals surface area contributed by atoms with Crippen molar-refractivity contribution in [2.45, 2.75) is 6.42 Å². The number of para-hydroxylation sites is 1. The maximum Gasteiger partial charge on any atom is 0.319 e. The quantitative estimate of drug-likeness (QED) is 0.361. The van der Waals surface area contributed by atoms with Crippen molar-refractivity contribution < 1.29 is 9.90 Å². The number of anilines is 1. The number of nitrogens with one attached hydrogen (secondary N) is 2. The van der Waals surface area contributed by atoms with Crippen LogP contribution in [0.4, 0.5) is 10.5 Å². The van der Waals surface area contributed by atoms with E-state index in [1.165, 1.54) is 17.4 Å². The Kier molecular flexibility index (Phi) is 5.64. The van der Waals surface area contributed by atoms with E-state index in [2.05, 4.69) is 15.6 Å². The monoisotopic (exact) mass is 423 g/mol. The fourth-order valence-corrected chi connectivity index (χ4v) is 4.16. The number of hydrogen-bond acceptors (Lipinski definition) is 4. The molecule has 3 aromatic carbocycles. The summed E-state index contributed by atoms with van der Waals surface area (Å²) in [4.78, 5) is 16.8. The van der Waals surface area contributed by atoms with Crippen LogP contribution >= 0.6 is 22.9 Å². The molecule has 1 heterocycles. The Morgan fingerprint density at radius 2 is 1.83 bits per heavy atom. The summed E-state index contributed by atoms with van der Waals surface area (Å²) in [5.74, 6) is -0.0549. The van der Waals surface area contributed by atoms with Crippen molar-refractivity contribution in [2.24, 2.45) is 0 Å². The van der Waals surface area contributed by atoms with Gasteiger partial charge in [0.2, 0.25) is 0 Å². The third-order valence-corrected chi connectivity index (χ3v) is 5.75. The van der Waals surface area contributed by atoms with Crippen molar-refractivity contribution in [3.63, 3.8) is 0 Å². The average molecular weight is 424 g/mol. The standard InChI is InChI=1S/C22H18ClN3O2S/c23-17-13-15(25-22(28)24-11-10-14-6-2-1-3-7-14)12-16(20(17)27)21-26-18-8-4-5-9-19(18)29-21/h1-9,12-13,27H,10-11H2,(H2,24,25,28). The number of carbonyl (C=O) groups is 1. The number of phenols is 1. The van der Waals surface area contributed by atoms with Crippen molar-refractivity contribution in [2.75, 3.05) is 11.9 Å². The van der Waals surface area contributed by atoms with E-state index in [4.69, 9.17) is 11.6 Å². The molecule has 0 atom stereocenters. The van der Waals surface area contributed by atoms with E-state index in [9.17, 15) is 9.90 Å². The minimum atomic E-state index is -0.335. The topological polar surface area (TPSA) is 74.2 Å². The summed E-state index contributed by atoms with van der Waals surface area (Å²) in [6.07, 6.45) is 0.738. The molecule has 0 unspecified atom stereocenters. The second kappa shape index (κ2) is 8.51. The van der Waals surface area contributed by atoms with Crippen LogP contribution < -0.4 is 10.6 Å². The molecule has 0 aliphatic carbocycles. The molecule has 0 saturated carbocycles. The summed E-state index contributed by atoms with van der Waals surface area (Å²) >= 11 is 7.64. The first kappa shape index (κ1) is 19.2. The summed E-state index contributed by atoms with van der Waals surface area (Å²) in [6, 6.07) is 20.5. The van der Waals surface area contributed by atoms with E-state index in [1.54, 1.807) is 6.07 Å². The van der Waals surface area contributed by atoms with Gasteiger partial charge in [-0.15, -0.1) is 11.3 Å². The minimum Gasteiger partial charge on any atom is -0.506 e. The van der Waals surface area contributed by atoms with E-state index in [-0.39, 0.29) is 16.8 Å². The lowest BCUT2D eigenvalue weighted by Gasteiger charge is -2.11. The van der Waals surface area contributed by atoms with Crippen LogP contribution in [0.1, 0.15) is 5.56 Å². The number of amides is 2. The summed E-state index contributed by atoms with van der Waals surface area (Å²) in [5.41, 5.74) is 2.97. The summed E-state index contributed by atoms with van der Waals surface area (Å²) in [7, 11) is 0. The van der Waals surface area contributed by atoms with Crippen LogP contribution in [0, 0.1) is 0 Å². The molecular weight excluding hydrogens is 406 g/mol. The van der Waals surface area contributed by atoms with Gasteiger partial charge in [-0.1, -0.05) is 54.1 Å². The largest absolute Gasteiger partial charge is 0.506 e. The summed E-state index contributed by atoms with van der Waals surface area (Å²) in [5, 5.41) is 16.8. The number of hydrogen-bond donors (Lipinski definition) is 3. The van der Waals surface area contributed by atoms with Gasteiger partial charge in [0.1, 0.15) is 10.8 Å². The van der Waals surface area contributed by atoms with E-state index in [0.29, 0.717) is 22.8 Å².